The first-order valence-corrected chi connectivity index (χ1v) is 16.4. The molecule has 0 unspecified atom stereocenters. The van der Waals surface area contributed by atoms with Crippen molar-refractivity contribution in [1.29, 1.82) is 0 Å². The molecule has 43 heavy (non-hydrogen) atoms. The lowest BCUT2D eigenvalue weighted by atomic mass is 9.71. The number of benzene rings is 4. The normalized spacial score (nSPS) is 16.4. The van der Waals surface area contributed by atoms with E-state index in [4.69, 9.17) is 4.74 Å². The van der Waals surface area contributed by atoms with Gasteiger partial charge in [-0.1, -0.05) is 93.1 Å². The van der Waals surface area contributed by atoms with Crippen molar-refractivity contribution in [2.24, 2.45) is 0 Å². The van der Waals surface area contributed by atoms with Crippen molar-refractivity contribution in [3.63, 3.8) is 0 Å². The SMILES string of the molecule is Cc1cc(O)c(C2CCCCC2)c(C(c2cccc(OCc3ccccc3)c2)c2cc(C)cc(O)c2C2CCCCC2)c1. The van der Waals surface area contributed by atoms with Gasteiger partial charge in [0.25, 0.3) is 0 Å². The Balaban J connectivity index is 1.53. The zero-order valence-electron chi connectivity index (χ0n) is 25.8. The van der Waals surface area contributed by atoms with E-state index >= 15 is 0 Å². The molecule has 2 fully saturated rings. The van der Waals surface area contributed by atoms with Gasteiger partial charge in [0, 0.05) is 17.0 Å². The minimum atomic E-state index is -0.134. The first kappa shape index (κ1) is 29.4. The summed E-state index contributed by atoms with van der Waals surface area (Å²) in [6.45, 7) is 4.67. The van der Waals surface area contributed by atoms with Crippen molar-refractivity contribution in [2.45, 2.75) is 102 Å². The summed E-state index contributed by atoms with van der Waals surface area (Å²) in [7, 11) is 0. The summed E-state index contributed by atoms with van der Waals surface area (Å²) in [6.07, 6.45) is 11.7. The molecular weight excluding hydrogens is 528 g/mol. The number of aromatic hydroxyl groups is 2. The summed E-state index contributed by atoms with van der Waals surface area (Å²) in [4.78, 5) is 0. The molecular formula is C40H46O3. The predicted octanol–water partition coefficient (Wildman–Crippen LogP) is 10.6. The number of ether oxygens (including phenoxy) is 1. The third-order valence-electron chi connectivity index (χ3n) is 9.76. The Morgan fingerprint density at radius 3 is 1.70 bits per heavy atom. The fraction of sp³-hybridized carbons (Fsp3) is 0.400. The van der Waals surface area contributed by atoms with Gasteiger partial charge in [0.1, 0.15) is 23.9 Å². The van der Waals surface area contributed by atoms with E-state index in [1.807, 2.05) is 36.4 Å². The van der Waals surface area contributed by atoms with Gasteiger partial charge in [0.15, 0.2) is 0 Å². The third-order valence-corrected chi connectivity index (χ3v) is 9.76. The maximum absolute atomic E-state index is 11.6. The van der Waals surface area contributed by atoms with E-state index in [2.05, 4.69) is 56.3 Å². The van der Waals surface area contributed by atoms with Crippen molar-refractivity contribution < 1.29 is 14.9 Å². The Hall–Kier alpha value is -3.72. The Morgan fingerprint density at radius 2 is 1.16 bits per heavy atom. The topological polar surface area (TPSA) is 49.7 Å². The average Bonchev–Trinajstić information content (AvgIpc) is 3.01. The molecule has 0 amide bonds. The predicted molar refractivity (Wildman–Crippen MR) is 176 cm³/mol. The van der Waals surface area contributed by atoms with Crippen molar-refractivity contribution >= 4 is 0 Å². The highest BCUT2D eigenvalue weighted by atomic mass is 16.5. The second-order valence-corrected chi connectivity index (χ2v) is 13.0. The summed E-state index contributed by atoms with van der Waals surface area (Å²) in [5.41, 5.74) is 8.93. The average molecular weight is 575 g/mol. The van der Waals surface area contributed by atoms with Crippen LogP contribution in [0.4, 0.5) is 0 Å². The molecule has 0 spiro atoms. The summed E-state index contributed by atoms with van der Waals surface area (Å²) in [5.74, 6) is 2.20. The van der Waals surface area contributed by atoms with Crippen LogP contribution in [0.25, 0.3) is 0 Å². The van der Waals surface area contributed by atoms with E-state index in [9.17, 15) is 10.2 Å². The van der Waals surface area contributed by atoms with Crippen LogP contribution in [0.15, 0.2) is 78.9 Å². The highest BCUT2D eigenvalue weighted by molar-refractivity contribution is 5.59. The zero-order valence-corrected chi connectivity index (χ0v) is 25.8. The summed E-state index contributed by atoms with van der Waals surface area (Å²) < 4.78 is 6.34. The molecule has 6 rings (SSSR count). The van der Waals surface area contributed by atoms with Gasteiger partial charge >= 0.3 is 0 Å². The van der Waals surface area contributed by atoms with Gasteiger partial charge in [-0.05, 0) is 109 Å². The smallest absolute Gasteiger partial charge is 0.120 e. The second kappa shape index (κ2) is 13.3. The second-order valence-electron chi connectivity index (χ2n) is 13.0. The molecule has 0 radical (unpaired) electrons. The molecule has 4 aromatic carbocycles. The van der Waals surface area contributed by atoms with Gasteiger partial charge in [-0.15, -0.1) is 0 Å². The zero-order chi connectivity index (χ0) is 29.8. The number of hydrogen-bond donors (Lipinski definition) is 2. The largest absolute Gasteiger partial charge is 0.508 e. The summed E-state index contributed by atoms with van der Waals surface area (Å²) in [5, 5.41) is 23.2. The molecule has 2 aliphatic rings. The van der Waals surface area contributed by atoms with E-state index in [0.29, 0.717) is 29.9 Å². The van der Waals surface area contributed by atoms with Crippen LogP contribution in [0.1, 0.15) is 126 Å². The lowest BCUT2D eigenvalue weighted by Gasteiger charge is -2.33. The molecule has 0 saturated heterocycles. The lowest BCUT2D eigenvalue weighted by Crippen LogP contribution is -2.16. The standard InChI is InChI=1S/C40H46O3/c1-27-21-34(39(36(41)23-27)30-15-8-4-9-16-30)38(32-19-12-20-33(25-32)43-26-29-13-6-3-7-14-29)35-22-28(2)24-37(42)40(35)31-17-10-5-11-18-31/h3,6-7,12-14,19-25,30-31,38,41-42H,4-5,8-11,15-18,26H2,1-2H3. The molecule has 3 nitrogen and oxygen atoms in total. The molecule has 2 N–H and O–H groups in total. The summed E-state index contributed by atoms with van der Waals surface area (Å²) in [6, 6.07) is 27.3. The minimum Gasteiger partial charge on any atom is -0.508 e. The Bertz CT molecular complexity index is 1450. The molecule has 3 heteroatoms. The van der Waals surface area contributed by atoms with E-state index in [1.165, 1.54) is 49.7 Å². The highest BCUT2D eigenvalue weighted by Gasteiger charge is 2.32. The molecule has 0 heterocycles. The fourth-order valence-corrected chi connectivity index (χ4v) is 7.81. The van der Waals surface area contributed by atoms with Crippen LogP contribution in [0.2, 0.25) is 0 Å². The summed E-state index contributed by atoms with van der Waals surface area (Å²) >= 11 is 0. The van der Waals surface area contributed by atoms with Crippen molar-refractivity contribution in [1.82, 2.24) is 0 Å². The minimum absolute atomic E-state index is 0.134. The van der Waals surface area contributed by atoms with Gasteiger partial charge in [-0.25, -0.2) is 0 Å². The maximum Gasteiger partial charge on any atom is 0.120 e. The number of aryl methyl sites for hydroxylation is 2. The van der Waals surface area contributed by atoms with Crippen molar-refractivity contribution in [3.05, 3.63) is 123 Å². The highest BCUT2D eigenvalue weighted by Crippen LogP contribution is 2.49. The molecule has 0 atom stereocenters. The Labute approximate surface area is 257 Å². The van der Waals surface area contributed by atoms with E-state index in [0.717, 1.165) is 64.8 Å². The van der Waals surface area contributed by atoms with Gasteiger partial charge in [-0.2, -0.15) is 0 Å². The van der Waals surface area contributed by atoms with Gasteiger partial charge in [0.2, 0.25) is 0 Å². The monoisotopic (exact) mass is 574 g/mol. The first-order valence-electron chi connectivity index (χ1n) is 16.4. The van der Waals surface area contributed by atoms with Gasteiger partial charge in [-0.3, -0.25) is 0 Å². The van der Waals surface area contributed by atoms with Crippen LogP contribution in [-0.4, -0.2) is 10.2 Å². The van der Waals surface area contributed by atoms with E-state index in [-0.39, 0.29) is 5.92 Å². The lowest BCUT2D eigenvalue weighted by molar-refractivity contribution is 0.306. The molecule has 224 valence electrons. The van der Waals surface area contributed by atoms with E-state index < -0.39 is 0 Å². The van der Waals surface area contributed by atoms with Crippen LogP contribution in [0.5, 0.6) is 17.2 Å². The first-order chi connectivity index (χ1) is 21.0. The number of rotatable bonds is 8. The fourth-order valence-electron chi connectivity index (χ4n) is 7.81. The third kappa shape index (κ3) is 6.61. The van der Waals surface area contributed by atoms with Gasteiger partial charge < -0.3 is 14.9 Å². The maximum atomic E-state index is 11.6. The number of phenolic OH excluding ortho intramolecular Hbond substituents is 2. The molecule has 0 bridgehead atoms. The molecule has 0 aliphatic heterocycles. The molecule has 2 saturated carbocycles. The van der Waals surface area contributed by atoms with Crippen molar-refractivity contribution in [2.75, 3.05) is 0 Å². The molecule has 4 aromatic rings. The van der Waals surface area contributed by atoms with Crippen LogP contribution in [0.3, 0.4) is 0 Å². The van der Waals surface area contributed by atoms with Crippen molar-refractivity contribution in [3.8, 4) is 17.2 Å². The number of hydrogen-bond acceptors (Lipinski definition) is 3. The van der Waals surface area contributed by atoms with Crippen LogP contribution >= 0.6 is 0 Å². The molecule has 2 aliphatic carbocycles. The molecule has 0 aromatic heterocycles. The van der Waals surface area contributed by atoms with Crippen LogP contribution in [-0.2, 0) is 6.61 Å². The van der Waals surface area contributed by atoms with Crippen LogP contribution < -0.4 is 4.74 Å². The Morgan fingerprint density at radius 1 is 0.628 bits per heavy atom. The Kier molecular flexibility index (Phi) is 9.07. The quantitative estimate of drug-likeness (QED) is 0.206. The number of phenols is 2. The van der Waals surface area contributed by atoms with Gasteiger partial charge in [0.05, 0.1) is 0 Å². The van der Waals surface area contributed by atoms with Crippen LogP contribution in [0, 0.1) is 13.8 Å². The van der Waals surface area contributed by atoms with E-state index in [1.54, 1.807) is 0 Å².